The van der Waals surface area contributed by atoms with E-state index in [1.54, 1.807) is 0 Å². The second kappa shape index (κ2) is 6.44. The third-order valence-corrected chi connectivity index (χ3v) is 1.98. The van der Waals surface area contributed by atoms with Crippen molar-refractivity contribution >= 4 is 17.3 Å². The monoisotopic (exact) mass is 234 g/mol. The smallest absolute Gasteiger partial charge is 0.181 e. The summed E-state index contributed by atoms with van der Waals surface area (Å²) >= 11 is 0. The quantitative estimate of drug-likeness (QED) is 0.346. The maximum Gasteiger partial charge on any atom is 0.181 e. The van der Waals surface area contributed by atoms with Crippen molar-refractivity contribution < 1.29 is 34.8 Å². The fourth-order valence-corrected chi connectivity index (χ4v) is 1.11. The molecule has 0 fully saturated rings. The van der Waals surface area contributed by atoms with Crippen LogP contribution in [0, 0.1) is 5.92 Å². The van der Waals surface area contributed by atoms with Crippen molar-refractivity contribution in [2.75, 3.05) is 13.2 Å². The number of aliphatic hydroxyl groups excluding tert-OH is 4. The van der Waals surface area contributed by atoms with Crippen molar-refractivity contribution in [2.24, 2.45) is 5.92 Å². The van der Waals surface area contributed by atoms with Crippen molar-refractivity contribution in [2.45, 2.75) is 19.1 Å². The molecular weight excluding hydrogens is 220 g/mol. The van der Waals surface area contributed by atoms with Gasteiger partial charge in [0.25, 0.3) is 0 Å². The maximum atomic E-state index is 11.3. The van der Waals surface area contributed by atoms with Crippen LogP contribution in [0.2, 0.25) is 0 Å². The molecule has 0 rings (SSSR count). The molecule has 0 bridgehead atoms. The number of aliphatic hydroxyl groups is 4. The molecule has 0 aliphatic rings. The maximum absolute atomic E-state index is 11.3. The second-order valence-electron chi connectivity index (χ2n) is 3.25. The van der Waals surface area contributed by atoms with Crippen LogP contribution < -0.4 is 0 Å². The lowest BCUT2D eigenvalue weighted by Crippen LogP contribution is -2.44. The van der Waals surface area contributed by atoms with Gasteiger partial charge in [0.2, 0.25) is 0 Å². The molecule has 7 nitrogen and oxygen atoms in total. The highest BCUT2D eigenvalue weighted by molar-refractivity contribution is 6.20. The van der Waals surface area contributed by atoms with Crippen LogP contribution in [0.3, 0.4) is 0 Å². The molecule has 92 valence electrons. The zero-order valence-electron chi connectivity index (χ0n) is 8.66. The van der Waals surface area contributed by atoms with E-state index in [1.807, 2.05) is 0 Å². The van der Waals surface area contributed by atoms with Crippen LogP contribution in [0.5, 0.6) is 0 Å². The molecule has 0 amide bonds. The number of carbonyl (C=O) groups is 3. The van der Waals surface area contributed by atoms with E-state index in [0.717, 1.165) is 6.92 Å². The van der Waals surface area contributed by atoms with Gasteiger partial charge in [0.05, 0.1) is 13.2 Å². The van der Waals surface area contributed by atoms with Crippen molar-refractivity contribution in [1.82, 2.24) is 0 Å². The molecule has 0 spiro atoms. The summed E-state index contributed by atoms with van der Waals surface area (Å²) in [4.78, 5) is 33.7. The molecule has 16 heavy (non-hydrogen) atoms. The van der Waals surface area contributed by atoms with E-state index in [9.17, 15) is 14.4 Å². The number of Topliss-reactive ketones (excluding diaryl/α,β-unsaturated/α-hetero) is 3. The van der Waals surface area contributed by atoms with E-state index in [0.29, 0.717) is 0 Å². The molecular formula is C9H14O7. The van der Waals surface area contributed by atoms with Crippen molar-refractivity contribution in [3.8, 4) is 0 Å². The average molecular weight is 234 g/mol. The Kier molecular flexibility index (Phi) is 5.97. The number of rotatable bonds is 7. The van der Waals surface area contributed by atoms with Crippen LogP contribution in [0.25, 0.3) is 0 Å². The lowest BCUT2D eigenvalue weighted by Gasteiger charge is -2.16. The molecule has 0 saturated carbocycles. The standard InChI is InChI=1S/C9H14O7/c1-4(12)7(8(15)5(13)2-10)9(16)6(14)3-11/h5-7,10-11,13-14H,2-3H2,1H3. The third kappa shape index (κ3) is 3.46. The number of hydrogen-bond donors (Lipinski definition) is 4. The molecule has 0 aromatic carbocycles. The van der Waals surface area contributed by atoms with E-state index in [1.165, 1.54) is 0 Å². The van der Waals surface area contributed by atoms with Crippen LogP contribution in [0.1, 0.15) is 6.92 Å². The lowest BCUT2D eigenvalue weighted by atomic mass is 9.89. The van der Waals surface area contributed by atoms with E-state index < -0.39 is 48.7 Å². The predicted octanol–water partition coefficient (Wildman–Crippen LogP) is -2.96. The van der Waals surface area contributed by atoms with Gasteiger partial charge in [0.15, 0.2) is 11.6 Å². The van der Waals surface area contributed by atoms with E-state index in [-0.39, 0.29) is 0 Å². The minimum Gasteiger partial charge on any atom is -0.393 e. The van der Waals surface area contributed by atoms with Gasteiger partial charge < -0.3 is 20.4 Å². The fraction of sp³-hybridized carbons (Fsp3) is 0.667. The summed E-state index contributed by atoms with van der Waals surface area (Å²) in [5.41, 5.74) is 0. The van der Waals surface area contributed by atoms with Gasteiger partial charge in [-0.3, -0.25) is 14.4 Å². The summed E-state index contributed by atoms with van der Waals surface area (Å²) in [6.45, 7) is -0.912. The molecule has 0 aliphatic heterocycles. The van der Waals surface area contributed by atoms with Crippen LogP contribution in [0.15, 0.2) is 0 Å². The highest BCUT2D eigenvalue weighted by Gasteiger charge is 2.37. The molecule has 0 heterocycles. The molecule has 0 aromatic rings. The first kappa shape index (κ1) is 14.8. The van der Waals surface area contributed by atoms with Crippen molar-refractivity contribution in [3.05, 3.63) is 0 Å². The van der Waals surface area contributed by atoms with Crippen LogP contribution in [-0.4, -0.2) is 63.2 Å². The first-order valence-corrected chi connectivity index (χ1v) is 4.52. The highest BCUT2D eigenvalue weighted by atomic mass is 16.3. The van der Waals surface area contributed by atoms with Gasteiger partial charge in [-0.15, -0.1) is 0 Å². The average Bonchev–Trinajstić information content (AvgIpc) is 2.26. The molecule has 0 aromatic heterocycles. The first-order valence-electron chi connectivity index (χ1n) is 4.52. The van der Waals surface area contributed by atoms with Crippen molar-refractivity contribution in [3.63, 3.8) is 0 Å². The Bertz CT molecular complexity index is 264. The van der Waals surface area contributed by atoms with Crippen LogP contribution in [-0.2, 0) is 14.4 Å². The van der Waals surface area contributed by atoms with Crippen molar-refractivity contribution in [1.29, 1.82) is 0 Å². The van der Waals surface area contributed by atoms with Crippen LogP contribution in [0.4, 0.5) is 0 Å². The molecule has 0 saturated heterocycles. The summed E-state index contributed by atoms with van der Waals surface area (Å²) in [6, 6.07) is 0. The van der Waals surface area contributed by atoms with Gasteiger partial charge in [-0.2, -0.15) is 0 Å². The minimum atomic E-state index is -1.86. The zero-order valence-corrected chi connectivity index (χ0v) is 8.66. The van der Waals surface area contributed by atoms with E-state index >= 15 is 0 Å². The zero-order chi connectivity index (χ0) is 12.9. The van der Waals surface area contributed by atoms with E-state index in [2.05, 4.69) is 0 Å². The molecule has 2 unspecified atom stereocenters. The Balaban J connectivity index is 4.95. The summed E-state index contributed by atoms with van der Waals surface area (Å²) in [7, 11) is 0. The lowest BCUT2D eigenvalue weighted by molar-refractivity contribution is -0.148. The molecule has 2 atom stereocenters. The molecule has 7 heteroatoms. The van der Waals surface area contributed by atoms with Gasteiger partial charge in [-0.25, -0.2) is 0 Å². The predicted molar refractivity (Wildman–Crippen MR) is 50.4 cm³/mol. The highest BCUT2D eigenvalue weighted by Crippen LogP contribution is 2.08. The fourth-order valence-electron chi connectivity index (χ4n) is 1.11. The largest absolute Gasteiger partial charge is 0.393 e. The normalized spacial score (nSPS) is 16.3. The molecule has 0 radical (unpaired) electrons. The Labute approximate surface area is 91.3 Å². The van der Waals surface area contributed by atoms with Gasteiger partial charge >= 0.3 is 0 Å². The van der Waals surface area contributed by atoms with Gasteiger partial charge in [-0.05, 0) is 6.92 Å². The summed E-state index contributed by atoms with van der Waals surface area (Å²) in [5.74, 6) is -5.10. The second-order valence-corrected chi connectivity index (χ2v) is 3.25. The first-order chi connectivity index (χ1) is 7.36. The number of hydrogen-bond acceptors (Lipinski definition) is 7. The SMILES string of the molecule is CC(=O)C(C(=O)C(O)CO)C(=O)C(O)CO. The van der Waals surface area contributed by atoms with Gasteiger partial charge in [0, 0.05) is 0 Å². The molecule has 4 N–H and O–H groups in total. The van der Waals surface area contributed by atoms with E-state index in [4.69, 9.17) is 20.4 Å². The molecule has 0 aliphatic carbocycles. The Morgan fingerprint density at radius 3 is 1.44 bits per heavy atom. The van der Waals surface area contributed by atoms with Gasteiger partial charge in [0.1, 0.15) is 23.9 Å². The third-order valence-electron chi connectivity index (χ3n) is 1.98. The summed E-state index contributed by atoms with van der Waals surface area (Å²) in [5, 5.41) is 35.0. The van der Waals surface area contributed by atoms with Crippen LogP contribution >= 0.6 is 0 Å². The topological polar surface area (TPSA) is 132 Å². The minimum absolute atomic E-state index is 0.866. The Morgan fingerprint density at radius 2 is 1.25 bits per heavy atom. The Hall–Kier alpha value is -1.15. The summed E-state index contributed by atoms with van der Waals surface area (Å²) in [6.07, 6.45) is -3.72. The Morgan fingerprint density at radius 1 is 0.938 bits per heavy atom. The number of carbonyl (C=O) groups excluding carboxylic acids is 3. The number of ketones is 3. The summed E-state index contributed by atoms with van der Waals surface area (Å²) < 4.78 is 0. The van der Waals surface area contributed by atoms with Gasteiger partial charge in [-0.1, -0.05) is 0 Å².